The van der Waals surface area contributed by atoms with Crippen molar-refractivity contribution in [2.24, 2.45) is 0 Å². The first kappa shape index (κ1) is 29.1. The SMILES string of the molecule is CC(C)(C)c1ccnc(-n2c3ccc(Cl)cc3c3ccc(Oc4cccc(P(=O)(c5ccccc5)c5ccccc5)c4)cc32)c1. The minimum Gasteiger partial charge on any atom is -0.457 e. The molecule has 0 spiro atoms. The van der Waals surface area contributed by atoms with Crippen LogP contribution >= 0.6 is 18.7 Å². The summed E-state index contributed by atoms with van der Waals surface area (Å²) >= 11 is 6.47. The molecular weight excluding hydrogens is 595 g/mol. The molecule has 0 N–H and O–H groups in total. The van der Waals surface area contributed by atoms with Gasteiger partial charge in [-0.15, -0.1) is 0 Å². The number of hydrogen-bond donors (Lipinski definition) is 0. The Morgan fingerprint density at radius 3 is 2.00 bits per heavy atom. The van der Waals surface area contributed by atoms with Crippen LogP contribution in [0.25, 0.3) is 27.6 Å². The number of ether oxygens (including phenoxy) is 1. The highest BCUT2D eigenvalue weighted by atomic mass is 35.5. The van der Waals surface area contributed by atoms with Gasteiger partial charge in [0, 0.05) is 44.0 Å². The number of hydrogen-bond acceptors (Lipinski definition) is 3. The lowest BCUT2D eigenvalue weighted by Gasteiger charge is -2.20. The van der Waals surface area contributed by atoms with E-state index in [0.717, 1.165) is 38.2 Å². The molecule has 7 rings (SSSR count). The van der Waals surface area contributed by atoms with E-state index in [1.807, 2.05) is 121 Å². The molecular formula is C39H32ClN2O2P. The van der Waals surface area contributed by atoms with Crippen molar-refractivity contribution in [1.29, 1.82) is 0 Å². The molecule has 2 heterocycles. The second kappa shape index (κ2) is 11.4. The summed E-state index contributed by atoms with van der Waals surface area (Å²) in [6.07, 6.45) is 1.87. The Labute approximate surface area is 268 Å². The number of nitrogens with zero attached hydrogens (tertiary/aromatic N) is 2. The number of halogens is 1. The van der Waals surface area contributed by atoms with Gasteiger partial charge in [0.2, 0.25) is 0 Å². The first-order valence-electron chi connectivity index (χ1n) is 14.9. The number of benzene rings is 5. The smallest absolute Gasteiger partial charge is 0.171 e. The molecule has 0 radical (unpaired) electrons. The predicted molar refractivity (Wildman–Crippen MR) is 188 cm³/mol. The van der Waals surface area contributed by atoms with Crippen LogP contribution in [0, 0.1) is 0 Å². The molecule has 0 fully saturated rings. The second-order valence-electron chi connectivity index (χ2n) is 12.2. The maximum Gasteiger partial charge on any atom is 0.171 e. The third kappa shape index (κ3) is 5.35. The quantitative estimate of drug-likeness (QED) is 0.173. The topological polar surface area (TPSA) is 44.1 Å². The van der Waals surface area contributed by atoms with E-state index in [2.05, 4.69) is 43.5 Å². The average molecular weight is 627 g/mol. The van der Waals surface area contributed by atoms with Gasteiger partial charge in [0.05, 0.1) is 11.0 Å². The van der Waals surface area contributed by atoms with Crippen molar-refractivity contribution in [3.8, 4) is 17.3 Å². The summed E-state index contributed by atoms with van der Waals surface area (Å²) < 4.78 is 23.6. The fourth-order valence-electron chi connectivity index (χ4n) is 5.89. The van der Waals surface area contributed by atoms with Gasteiger partial charge in [-0.1, -0.05) is 105 Å². The maximum atomic E-state index is 14.9. The zero-order chi connectivity index (χ0) is 31.2. The summed E-state index contributed by atoms with van der Waals surface area (Å²) in [6, 6.07) is 43.2. The van der Waals surface area contributed by atoms with E-state index in [9.17, 15) is 4.57 Å². The van der Waals surface area contributed by atoms with Gasteiger partial charge >= 0.3 is 0 Å². The molecule has 222 valence electrons. The van der Waals surface area contributed by atoms with Crippen LogP contribution in [-0.4, -0.2) is 9.55 Å². The van der Waals surface area contributed by atoms with Crippen LogP contribution in [0.3, 0.4) is 0 Å². The Kier molecular flexibility index (Phi) is 7.36. The molecule has 4 nitrogen and oxygen atoms in total. The lowest BCUT2D eigenvalue weighted by molar-refractivity contribution is 0.483. The van der Waals surface area contributed by atoms with Crippen LogP contribution in [0.5, 0.6) is 11.5 Å². The average Bonchev–Trinajstić information content (AvgIpc) is 3.37. The molecule has 0 saturated heterocycles. The van der Waals surface area contributed by atoms with Crippen LogP contribution in [-0.2, 0) is 9.98 Å². The van der Waals surface area contributed by atoms with Crippen LogP contribution < -0.4 is 20.7 Å². The Balaban J connectivity index is 1.35. The fourth-order valence-corrected chi connectivity index (χ4v) is 8.75. The third-order valence-corrected chi connectivity index (χ3v) is 11.5. The summed E-state index contributed by atoms with van der Waals surface area (Å²) in [5.74, 6) is 2.10. The fraction of sp³-hybridized carbons (Fsp3) is 0.103. The highest BCUT2D eigenvalue weighted by molar-refractivity contribution is 7.85. The highest BCUT2D eigenvalue weighted by Gasteiger charge is 2.30. The van der Waals surface area contributed by atoms with Gasteiger partial charge < -0.3 is 9.30 Å². The third-order valence-electron chi connectivity index (χ3n) is 8.20. The molecule has 45 heavy (non-hydrogen) atoms. The van der Waals surface area contributed by atoms with E-state index < -0.39 is 7.14 Å². The van der Waals surface area contributed by atoms with Crippen molar-refractivity contribution >= 4 is 56.5 Å². The summed E-state index contributed by atoms with van der Waals surface area (Å²) in [5, 5.41) is 5.04. The van der Waals surface area contributed by atoms with E-state index in [4.69, 9.17) is 21.3 Å². The molecule has 0 aliphatic carbocycles. The van der Waals surface area contributed by atoms with Crippen LogP contribution in [0.1, 0.15) is 26.3 Å². The minimum absolute atomic E-state index is 0.0298. The van der Waals surface area contributed by atoms with Crippen molar-refractivity contribution in [3.05, 3.63) is 150 Å². The zero-order valence-corrected chi connectivity index (χ0v) is 27.0. The molecule has 0 aliphatic heterocycles. The second-order valence-corrected chi connectivity index (χ2v) is 15.4. The molecule has 0 amide bonds. The molecule has 7 aromatic rings. The van der Waals surface area contributed by atoms with E-state index in [1.165, 1.54) is 5.56 Å². The number of rotatable bonds is 6. The van der Waals surface area contributed by atoms with Crippen LogP contribution in [0.4, 0.5) is 0 Å². The summed E-state index contributed by atoms with van der Waals surface area (Å²) in [6.45, 7) is 6.60. The van der Waals surface area contributed by atoms with E-state index >= 15 is 0 Å². The number of pyridine rings is 1. The van der Waals surface area contributed by atoms with Crippen LogP contribution in [0.15, 0.2) is 140 Å². The van der Waals surface area contributed by atoms with Gasteiger partial charge in [0.25, 0.3) is 0 Å². The normalized spacial score (nSPS) is 12.1. The number of fused-ring (bicyclic) bond motifs is 3. The van der Waals surface area contributed by atoms with Gasteiger partial charge in [-0.3, -0.25) is 4.57 Å². The lowest BCUT2D eigenvalue weighted by Crippen LogP contribution is -2.24. The molecule has 0 atom stereocenters. The van der Waals surface area contributed by atoms with Gasteiger partial charge in [-0.25, -0.2) is 4.98 Å². The Morgan fingerprint density at radius 1 is 0.644 bits per heavy atom. The largest absolute Gasteiger partial charge is 0.457 e. The van der Waals surface area contributed by atoms with E-state index in [-0.39, 0.29) is 5.41 Å². The molecule has 0 unspecified atom stereocenters. The molecule has 2 aromatic heterocycles. The first-order valence-corrected chi connectivity index (χ1v) is 17.0. The Hall–Kier alpha value is -4.63. The van der Waals surface area contributed by atoms with Gasteiger partial charge in [-0.2, -0.15) is 0 Å². The Bertz CT molecular complexity index is 2180. The van der Waals surface area contributed by atoms with Crippen molar-refractivity contribution in [2.45, 2.75) is 26.2 Å². The lowest BCUT2D eigenvalue weighted by atomic mass is 9.88. The highest BCUT2D eigenvalue weighted by Crippen LogP contribution is 2.43. The standard InChI is InChI=1S/C39H32ClN2O2P/c1-39(2,3)27-21-22-41-38(23-27)42-36-20-17-28(40)24-35(36)34-19-18-30(26-37(34)42)44-29-11-10-16-33(25-29)45(43,31-12-6-4-7-13-31)32-14-8-5-9-15-32/h4-26H,1-3H3. The molecule has 5 aromatic carbocycles. The Morgan fingerprint density at radius 2 is 1.31 bits per heavy atom. The van der Waals surface area contributed by atoms with Crippen molar-refractivity contribution in [2.75, 3.05) is 0 Å². The summed E-state index contributed by atoms with van der Waals surface area (Å²) in [5.41, 5.74) is 3.14. The van der Waals surface area contributed by atoms with Gasteiger partial charge in [-0.05, 0) is 65.6 Å². The van der Waals surface area contributed by atoms with E-state index in [0.29, 0.717) is 21.8 Å². The minimum atomic E-state index is -3.14. The predicted octanol–water partition coefficient (Wildman–Crippen LogP) is 9.56. The molecule has 0 saturated carbocycles. The van der Waals surface area contributed by atoms with Crippen molar-refractivity contribution < 1.29 is 9.30 Å². The van der Waals surface area contributed by atoms with Crippen molar-refractivity contribution in [3.63, 3.8) is 0 Å². The summed E-state index contributed by atoms with van der Waals surface area (Å²) in [7, 11) is -3.14. The molecule has 0 aliphatic rings. The van der Waals surface area contributed by atoms with Gasteiger partial charge in [0.15, 0.2) is 7.14 Å². The van der Waals surface area contributed by atoms with E-state index in [1.54, 1.807) is 0 Å². The zero-order valence-electron chi connectivity index (χ0n) is 25.3. The molecule has 6 heteroatoms. The first-order chi connectivity index (χ1) is 21.7. The number of aromatic nitrogens is 2. The summed E-state index contributed by atoms with van der Waals surface area (Å²) in [4.78, 5) is 4.79. The molecule has 0 bridgehead atoms. The monoisotopic (exact) mass is 626 g/mol. The van der Waals surface area contributed by atoms with Gasteiger partial charge in [0.1, 0.15) is 17.3 Å². The van der Waals surface area contributed by atoms with Crippen LogP contribution in [0.2, 0.25) is 5.02 Å². The maximum absolute atomic E-state index is 14.9. The van der Waals surface area contributed by atoms with Crippen molar-refractivity contribution in [1.82, 2.24) is 9.55 Å².